The number of aromatic nitrogens is 2. The summed E-state index contributed by atoms with van der Waals surface area (Å²) < 4.78 is 1.29. The van der Waals surface area contributed by atoms with Gasteiger partial charge in [0.05, 0.1) is 6.54 Å². The molecule has 0 bridgehead atoms. The Bertz CT molecular complexity index is 1070. The highest BCUT2D eigenvalue weighted by Gasteiger charge is 2.22. The van der Waals surface area contributed by atoms with Crippen molar-refractivity contribution in [3.05, 3.63) is 79.1 Å². The van der Waals surface area contributed by atoms with Gasteiger partial charge in [-0.2, -0.15) is 0 Å². The monoisotopic (exact) mass is 412 g/mol. The fourth-order valence-corrected chi connectivity index (χ4v) is 3.98. The Balaban J connectivity index is 1.84. The molecule has 1 aromatic carbocycles. The Morgan fingerprint density at radius 1 is 1.17 bits per heavy atom. The summed E-state index contributed by atoms with van der Waals surface area (Å²) >= 11 is 1.66. The second-order valence-corrected chi connectivity index (χ2v) is 7.67. The van der Waals surface area contributed by atoms with Crippen LogP contribution in [0.2, 0.25) is 0 Å². The number of nitrogens with two attached hydrogens (primary N) is 1. The quantitative estimate of drug-likeness (QED) is 0.594. The standard InChI is InChI=1S/C21H24N4O3S/c1-2-24(17(26)12-6-10-16-11-7-13-29-16)18-19(22)25(21(28)23-20(18)27)14-15-8-4-3-5-9-15/h3-5,7-9,11,13H,2,6,10,12,14,22H2,1H3,(H,23,27,28). The van der Waals surface area contributed by atoms with E-state index in [2.05, 4.69) is 4.98 Å². The van der Waals surface area contributed by atoms with Crippen molar-refractivity contribution in [3.63, 3.8) is 0 Å². The van der Waals surface area contributed by atoms with E-state index in [9.17, 15) is 14.4 Å². The number of benzene rings is 1. The van der Waals surface area contributed by atoms with E-state index in [-0.39, 0.29) is 30.5 Å². The van der Waals surface area contributed by atoms with Crippen molar-refractivity contribution in [2.45, 2.75) is 32.7 Å². The largest absolute Gasteiger partial charge is 0.383 e. The molecule has 0 radical (unpaired) electrons. The van der Waals surface area contributed by atoms with Crippen LogP contribution in [-0.2, 0) is 17.8 Å². The molecule has 3 rings (SSSR count). The first kappa shape index (κ1) is 20.6. The molecule has 8 heteroatoms. The number of carbonyl (C=O) groups excluding carboxylic acids is 1. The number of rotatable bonds is 8. The molecule has 0 atom stereocenters. The van der Waals surface area contributed by atoms with Gasteiger partial charge in [0.2, 0.25) is 5.91 Å². The molecule has 3 N–H and O–H groups in total. The first-order valence-corrected chi connectivity index (χ1v) is 10.4. The van der Waals surface area contributed by atoms with Gasteiger partial charge in [-0.1, -0.05) is 36.4 Å². The molecule has 7 nitrogen and oxygen atoms in total. The number of thiophene rings is 1. The number of hydrogen-bond acceptors (Lipinski definition) is 5. The van der Waals surface area contributed by atoms with Crippen molar-refractivity contribution >= 4 is 28.7 Å². The molecule has 0 saturated heterocycles. The number of carbonyl (C=O) groups is 1. The number of nitrogens with one attached hydrogen (secondary N) is 1. The number of hydrogen-bond donors (Lipinski definition) is 2. The number of amides is 1. The molecule has 29 heavy (non-hydrogen) atoms. The fraction of sp³-hybridized carbons (Fsp3) is 0.286. The molecule has 0 unspecified atom stereocenters. The molecule has 152 valence electrons. The van der Waals surface area contributed by atoms with Crippen molar-refractivity contribution in [3.8, 4) is 0 Å². The van der Waals surface area contributed by atoms with Gasteiger partial charge >= 0.3 is 5.69 Å². The van der Waals surface area contributed by atoms with E-state index in [0.717, 1.165) is 12.0 Å². The van der Waals surface area contributed by atoms with E-state index >= 15 is 0 Å². The molecular weight excluding hydrogens is 388 g/mol. The molecule has 2 aromatic heterocycles. The van der Waals surface area contributed by atoms with E-state index in [4.69, 9.17) is 5.73 Å². The van der Waals surface area contributed by atoms with Crippen LogP contribution in [-0.4, -0.2) is 22.0 Å². The van der Waals surface area contributed by atoms with Crippen LogP contribution in [0.4, 0.5) is 11.5 Å². The minimum absolute atomic E-state index is 0.00365. The SMILES string of the molecule is CCN(C(=O)CCCc1cccs1)c1c(N)n(Cc2ccccc2)c(=O)[nH]c1=O. The van der Waals surface area contributed by atoms with E-state index < -0.39 is 11.2 Å². The molecular formula is C21H24N4O3S. The third-order valence-electron chi connectivity index (χ3n) is 4.68. The molecule has 0 aliphatic rings. The van der Waals surface area contributed by atoms with Crippen LogP contribution < -0.4 is 21.9 Å². The molecule has 3 aromatic rings. The average molecular weight is 413 g/mol. The zero-order valence-corrected chi connectivity index (χ0v) is 17.1. The second-order valence-electron chi connectivity index (χ2n) is 6.64. The third kappa shape index (κ3) is 4.83. The summed E-state index contributed by atoms with van der Waals surface area (Å²) in [5.74, 6) is -0.192. The summed E-state index contributed by atoms with van der Waals surface area (Å²) in [6.07, 6.45) is 1.78. The minimum Gasteiger partial charge on any atom is -0.383 e. The van der Waals surface area contributed by atoms with Gasteiger partial charge in [-0.3, -0.25) is 19.1 Å². The Kier molecular flexibility index (Phi) is 6.66. The second kappa shape index (κ2) is 9.38. The summed E-state index contributed by atoms with van der Waals surface area (Å²) in [5, 5.41) is 2.01. The van der Waals surface area contributed by atoms with Crippen LogP contribution >= 0.6 is 11.3 Å². The molecule has 0 aliphatic heterocycles. The van der Waals surface area contributed by atoms with E-state index in [0.29, 0.717) is 12.8 Å². The number of H-pyrrole nitrogens is 1. The van der Waals surface area contributed by atoms with Gasteiger partial charge in [0.25, 0.3) is 5.56 Å². The summed E-state index contributed by atoms with van der Waals surface area (Å²) in [5.41, 5.74) is 5.86. The lowest BCUT2D eigenvalue weighted by Crippen LogP contribution is -2.41. The zero-order valence-electron chi connectivity index (χ0n) is 16.3. The summed E-state index contributed by atoms with van der Waals surface area (Å²) in [4.78, 5) is 42.5. The Labute approximate surface area is 172 Å². The minimum atomic E-state index is -0.648. The maximum absolute atomic E-state index is 12.8. The molecule has 0 fully saturated rings. The Hall–Kier alpha value is -3.13. The van der Waals surface area contributed by atoms with E-state index in [1.807, 2.05) is 47.8 Å². The van der Waals surface area contributed by atoms with Gasteiger partial charge in [0.1, 0.15) is 5.82 Å². The van der Waals surface area contributed by atoms with Gasteiger partial charge in [-0.25, -0.2) is 4.79 Å². The van der Waals surface area contributed by atoms with Crippen LogP contribution in [0.1, 0.15) is 30.2 Å². The van der Waals surface area contributed by atoms with Gasteiger partial charge in [-0.05, 0) is 36.8 Å². The number of aryl methyl sites for hydroxylation is 1. The molecule has 0 aliphatic carbocycles. The lowest BCUT2D eigenvalue weighted by atomic mass is 10.2. The lowest BCUT2D eigenvalue weighted by Gasteiger charge is -2.23. The van der Waals surface area contributed by atoms with Crippen LogP contribution in [0.15, 0.2) is 57.4 Å². The molecule has 0 spiro atoms. The summed E-state index contributed by atoms with van der Waals surface area (Å²) in [6, 6.07) is 13.3. The molecule has 0 saturated carbocycles. The topological polar surface area (TPSA) is 101 Å². The summed E-state index contributed by atoms with van der Waals surface area (Å²) in [6.45, 7) is 2.27. The highest BCUT2D eigenvalue weighted by molar-refractivity contribution is 7.09. The molecule has 2 heterocycles. The van der Waals surface area contributed by atoms with Crippen LogP contribution in [0, 0.1) is 0 Å². The third-order valence-corrected chi connectivity index (χ3v) is 5.61. The Morgan fingerprint density at radius 3 is 2.59 bits per heavy atom. The highest BCUT2D eigenvalue weighted by atomic mass is 32.1. The summed E-state index contributed by atoms with van der Waals surface area (Å²) in [7, 11) is 0. The number of nitrogen functional groups attached to an aromatic ring is 1. The molecule has 1 amide bonds. The van der Waals surface area contributed by atoms with Crippen molar-refractivity contribution < 1.29 is 4.79 Å². The fourth-order valence-electron chi connectivity index (χ4n) is 3.22. The number of nitrogens with zero attached hydrogens (tertiary/aromatic N) is 2. The van der Waals surface area contributed by atoms with Crippen LogP contribution in [0.3, 0.4) is 0 Å². The predicted molar refractivity (Wildman–Crippen MR) is 117 cm³/mol. The van der Waals surface area contributed by atoms with E-state index in [1.54, 1.807) is 18.3 Å². The van der Waals surface area contributed by atoms with Gasteiger partial charge in [0.15, 0.2) is 5.69 Å². The zero-order chi connectivity index (χ0) is 20.8. The van der Waals surface area contributed by atoms with Crippen molar-refractivity contribution in [2.24, 2.45) is 0 Å². The van der Waals surface area contributed by atoms with Gasteiger partial charge in [-0.15, -0.1) is 11.3 Å². The average Bonchev–Trinajstić information content (AvgIpc) is 3.22. The predicted octanol–water partition coefficient (Wildman–Crippen LogP) is 2.60. The van der Waals surface area contributed by atoms with Crippen LogP contribution in [0.5, 0.6) is 0 Å². The Morgan fingerprint density at radius 2 is 1.93 bits per heavy atom. The van der Waals surface area contributed by atoms with Gasteiger partial charge in [0, 0.05) is 17.8 Å². The van der Waals surface area contributed by atoms with Gasteiger partial charge < -0.3 is 10.6 Å². The normalized spacial score (nSPS) is 10.8. The van der Waals surface area contributed by atoms with Crippen LogP contribution in [0.25, 0.3) is 0 Å². The number of aromatic amines is 1. The maximum Gasteiger partial charge on any atom is 0.330 e. The maximum atomic E-state index is 12.8. The van der Waals surface area contributed by atoms with Crippen molar-refractivity contribution in [1.82, 2.24) is 9.55 Å². The van der Waals surface area contributed by atoms with Crippen molar-refractivity contribution in [1.29, 1.82) is 0 Å². The first-order valence-electron chi connectivity index (χ1n) is 9.50. The first-order chi connectivity index (χ1) is 14.0. The smallest absolute Gasteiger partial charge is 0.330 e. The lowest BCUT2D eigenvalue weighted by molar-refractivity contribution is -0.118. The highest BCUT2D eigenvalue weighted by Crippen LogP contribution is 2.20. The number of anilines is 2. The van der Waals surface area contributed by atoms with Crippen molar-refractivity contribution in [2.75, 3.05) is 17.2 Å². The van der Waals surface area contributed by atoms with E-state index in [1.165, 1.54) is 14.3 Å².